The fraction of sp³-hybridized carbons (Fsp3) is 0.667. The molecule has 1 atom stereocenters. The van der Waals surface area contributed by atoms with Crippen molar-refractivity contribution in [2.45, 2.75) is 46.8 Å². The highest BCUT2D eigenvalue weighted by Crippen LogP contribution is 2.23. The quantitative estimate of drug-likeness (QED) is 0.794. The molecule has 19 heavy (non-hydrogen) atoms. The van der Waals surface area contributed by atoms with Gasteiger partial charge in [0.2, 0.25) is 0 Å². The molecular weight excluding hydrogens is 240 g/mol. The molecule has 0 bridgehead atoms. The van der Waals surface area contributed by atoms with Crippen LogP contribution in [0.25, 0.3) is 0 Å². The number of nitrogens with one attached hydrogen (secondary N) is 1. The van der Waals surface area contributed by atoms with Gasteiger partial charge in [-0.3, -0.25) is 4.98 Å². The molecule has 1 heterocycles. The zero-order chi connectivity index (χ0) is 14.4. The number of hydrogen-bond donors (Lipinski definition) is 2. The van der Waals surface area contributed by atoms with Crippen molar-refractivity contribution >= 4 is 0 Å². The fourth-order valence-corrected chi connectivity index (χ4v) is 2.23. The Bertz CT molecular complexity index is 405. The molecule has 0 fully saturated rings. The molecular formula is C15H26N2O2. The summed E-state index contributed by atoms with van der Waals surface area (Å²) in [6.07, 6.45) is 2.34. The summed E-state index contributed by atoms with van der Waals surface area (Å²) >= 11 is 0. The molecule has 0 aliphatic heterocycles. The third-order valence-electron chi connectivity index (χ3n) is 3.17. The Hall–Kier alpha value is -1.13. The van der Waals surface area contributed by atoms with E-state index in [0.29, 0.717) is 19.0 Å². The Balaban J connectivity index is 2.54. The molecule has 1 unspecified atom stereocenters. The molecule has 0 aliphatic rings. The Morgan fingerprint density at radius 2 is 2.05 bits per heavy atom. The lowest BCUT2D eigenvalue weighted by Crippen LogP contribution is -2.28. The summed E-state index contributed by atoms with van der Waals surface area (Å²) in [6.45, 7) is 9.47. The van der Waals surface area contributed by atoms with Crippen LogP contribution in [-0.4, -0.2) is 29.8 Å². The Morgan fingerprint density at radius 3 is 2.63 bits per heavy atom. The number of aryl methyl sites for hydroxylation is 1. The van der Waals surface area contributed by atoms with E-state index in [1.807, 2.05) is 20.0 Å². The first-order chi connectivity index (χ1) is 8.95. The van der Waals surface area contributed by atoms with Crippen LogP contribution in [0, 0.1) is 19.8 Å². The number of methoxy groups -OCH3 is 1. The predicted molar refractivity (Wildman–Crippen MR) is 77.4 cm³/mol. The third-order valence-corrected chi connectivity index (χ3v) is 3.17. The normalized spacial score (nSPS) is 12.8. The van der Waals surface area contributed by atoms with E-state index in [0.717, 1.165) is 29.0 Å². The molecule has 0 radical (unpaired) electrons. The van der Waals surface area contributed by atoms with Crippen LogP contribution in [0.1, 0.15) is 37.1 Å². The summed E-state index contributed by atoms with van der Waals surface area (Å²) in [4.78, 5) is 4.42. The van der Waals surface area contributed by atoms with E-state index in [9.17, 15) is 5.11 Å². The van der Waals surface area contributed by atoms with Crippen molar-refractivity contribution in [3.8, 4) is 5.75 Å². The summed E-state index contributed by atoms with van der Waals surface area (Å²) in [5.74, 6) is 1.41. The molecule has 1 rings (SSSR count). The summed E-state index contributed by atoms with van der Waals surface area (Å²) in [7, 11) is 1.68. The highest BCUT2D eigenvalue weighted by atomic mass is 16.5. The van der Waals surface area contributed by atoms with Gasteiger partial charge in [0, 0.05) is 30.4 Å². The Morgan fingerprint density at radius 1 is 1.37 bits per heavy atom. The van der Waals surface area contributed by atoms with Crippen molar-refractivity contribution in [1.29, 1.82) is 0 Å². The number of ether oxygens (including phenoxy) is 1. The standard InChI is InChI=1S/C15H26N2O2/c1-10(2)6-13(18)8-16-9-14-12(4)15(19-5)11(3)7-17-14/h7,10,13,16,18H,6,8-9H2,1-5H3. The molecule has 4 nitrogen and oxygen atoms in total. The monoisotopic (exact) mass is 266 g/mol. The van der Waals surface area contributed by atoms with E-state index >= 15 is 0 Å². The number of hydrogen-bond acceptors (Lipinski definition) is 4. The van der Waals surface area contributed by atoms with Crippen molar-refractivity contribution in [2.75, 3.05) is 13.7 Å². The van der Waals surface area contributed by atoms with Gasteiger partial charge in [0.05, 0.1) is 18.9 Å². The minimum Gasteiger partial charge on any atom is -0.496 e. The van der Waals surface area contributed by atoms with Gasteiger partial charge in [-0.25, -0.2) is 0 Å². The van der Waals surface area contributed by atoms with Crippen LogP contribution in [0.4, 0.5) is 0 Å². The molecule has 4 heteroatoms. The average molecular weight is 266 g/mol. The highest BCUT2D eigenvalue weighted by Gasteiger charge is 2.10. The average Bonchev–Trinajstić information content (AvgIpc) is 2.32. The predicted octanol–water partition coefficient (Wildman–Crippen LogP) is 2.20. The van der Waals surface area contributed by atoms with Gasteiger partial charge < -0.3 is 15.2 Å². The first kappa shape index (κ1) is 15.9. The van der Waals surface area contributed by atoms with Crippen LogP contribution in [0.3, 0.4) is 0 Å². The van der Waals surface area contributed by atoms with Gasteiger partial charge in [-0.05, 0) is 26.2 Å². The Labute approximate surface area is 116 Å². The highest BCUT2D eigenvalue weighted by molar-refractivity contribution is 5.40. The van der Waals surface area contributed by atoms with E-state index in [4.69, 9.17) is 4.74 Å². The molecule has 0 aliphatic carbocycles. The van der Waals surface area contributed by atoms with Gasteiger partial charge in [0.1, 0.15) is 5.75 Å². The van der Waals surface area contributed by atoms with E-state index < -0.39 is 0 Å². The van der Waals surface area contributed by atoms with E-state index in [1.165, 1.54) is 0 Å². The minimum absolute atomic E-state index is 0.298. The lowest BCUT2D eigenvalue weighted by atomic mass is 10.1. The SMILES string of the molecule is COc1c(C)cnc(CNCC(O)CC(C)C)c1C. The van der Waals surface area contributed by atoms with Gasteiger partial charge in [0.15, 0.2) is 0 Å². The maximum absolute atomic E-state index is 9.80. The first-order valence-electron chi connectivity index (χ1n) is 6.83. The summed E-state index contributed by atoms with van der Waals surface area (Å²) < 4.78 is 5.38. The number of pyridine rings is 1. The fourth-order valence-electron chi connectivity index (χ4n) is 2.23. The molecule has 108 valence electrons. The zero-order valence-electron chi connectivity index (χ0n) is 12.7. The van der Waals surface area contributed by atoms with Crippen LogP contribution in [0.5, 0.6) is 5.75 Å². The topological polar surface area (TPSA) is 54.4 Å². The van der Waals surface area contributed by atoms with Crippen LogP contribution >= 0.6 is 0 Å². The molecule has 0 aromatic carbocycles. The van der Waals surface area contributed by atoms with Crippen molar-refractivity contribution < 1.29 is 9.84 Å². The summed E-state index contributed by atoms with van der Waals surface area (Å²) in [5, 5.41) is 13.1. The molecule has 1 aromatic rings. The first-order valence-corrected chi connectivity index (χ1v) is 6.83. The van der Waals surface area contributed by atoms with E-state index in [-0.39, 0.29) is 6.10 Å². The zero-order valence-corrected chi connectivity index (χ0v) is 12.7. The summed E-state index contributed by atoms with van der Waals surface area (Å²) in [6, 6.07) is 0. The maximum atomic E-state index is 9.80. The number of aliphatic hydroxyl groups is 1. The lowest BCUT2D eigenvalue weighted by Gasteiger charge is -2.15. The van der Waals surface area contributed by atoms with Gasteiger partial charge >= 0.3 is 0 Å². The minimum atomic E-state index is -0.298. The van der Waals surface area contributed by atoms with E-state index in [2.05, 4.69) is 24.1 Å². The second kappa shape index (κ2) is 7.46. The molecule has 1 aromatic heterocycles. The lowest BCUT2D eigenvalue weighted by molar-refractivity contribution is 0.146. The van der Waals surface area contributed by atoms with Crippen LogP contribution in [0.15, 0.2) is 6.20 Å². The van der Waals surface area contributed by atoms with Gasteiger partial charge in [-0.15, -0.1) is 0 Å². The molecule has 2 N–H and O–H groups in total. The number of aromatic nitrogens is 1. The molecule has 0 amide bonds. The van der Waals surface area contributed by atoms with Crippen molar-refractivity contribution in [1.82, 2.24) is 10.3 Å². The van der Waals surface area contributed by atoms with Crippen LogP contribution in [0.2, 0.25) is 0 Å². The molecule has 0 saturated heterocycles. The molecule has 0 spiro atoms. The van der Waals surface area contributed by atoms with Gasteiger partial charge in [0.25, 0.3) is 0 Å². The number of rotatable bonds is 7. The smallest absolute Gasteiger partial charge is 0.128 e. The summed E-state index contributed by atoms with van der Waals surface area (Å²) in [5.41, 5.74) is 3.08. The van der Waals surface area contributed by atoms with Crippen molar-refractivity contribution in [3.63, 3.8) is 0 Å². The Kier molecular flexibility index (Phi) is 6.25. The van der Waals surface area contributed by atoms with Gasteiger partial charge in [-0.1, -0.05) is 13.8 Å². The number of nitrogens with zero attached hydrogens (tertiary/aromatic N) is 1. The second-order valence-electron chi connectivity index (χ2n) is 5.46. The third kappa shape index (κ3) is 4.80. The van der Waals surface area contributed by atoms with Crippen molar-refractivity contribution in [2.24, 2.45) is 5.92 Å². The second-order valence-corrected chi connectivity index (χ2v) is 5.46. The van der Waals surface area contributed by atoms with Crippen LogP contribution in [-0.2, 0) is 6.54 Å². The molecule has 0 saturated carbocycles. The number of aliphatic hydroxyl groups excluding tert-OH is 1. The largest absolute Gasteiger partial charge is 0.496 e. The van der Waals surface area contributed by atoms with E-state index in [1.54, 1.807) is 7.11 Å². The maximum Gasteiger partial charge on any atom is 0.128 e. The van der Waals surface area contributed by atoms with Gasteiger partial charge in [-0.2, -0.15) is 0 Å². The van der Waals surface area contributed by atoms with Crippen molar-refractivity contribution in [3.05, 3.63) is 23.0 Å². The van der Waals surface area contributed by atoms with Crippen LogP contribution < -0.4 is 10.1 Å².